The Hall–Kier alpha value is -5.16. The van der Waals surface area contributed by atoms with Crippen LogP contribution in [-0.4, -0.2) is 15.0 Å². The second-order valence-electron chi connectivity index (χ2n) is 10.6. The molecule has 0 saturated carbocycles. The third-order valence-electron chi connectivity index (χ3n) is 7.86. The minimum atomic E-state index is 0.166. The van der Waals surface area contributed by atoms with Crippen LogP contribution in [0.1, 0.15) is 0 Å². The van der Waals surface area contributed by atoms with Crippen molar-refractivity contribution in [1.82, 2.24) is 15.0 Å². The lowest BCUT2D eigenvalue weighted by atomic mass is 9.96. The maximum absolute atomic E-state index is 6.64. The molecular formula is C39H24ClN3S. The van der Waals surface area contributed by atoms with E-state index in [1.54, 1.807) is 11.3 Å². The second kappa shape index (κ2) is 11.2. The van der Waals surface area contributed by atoms with Crippen molar-refractivity contribution in [1.29, 1.82) is 0 Å². The Labute approximate surface area is 264 Å². The third-order valence-corrected chi connectivity index (χ3v) is 9.32. The van der Waals surface area contributed by atoms with Gasteiger partial charge < -0.3 is 0 Å². The average molecular weight is 602 g/mol. The number of nitrogens with zero attached hydrogens (tertiary/aromatic N) is 3. The predicted octanol–water partition coefficient (Wildman–Crippen LogP) is 11.2. The molecule has 0 aliphatic heterocycles. The van der Waals surface area contributed by atoms with Gasteiger partial charge in [0.25, 0.3) is 0 Å². The van der Waals surface area contributed by atoms with E-state index in [9.17, 15) is 0 Å². The number of fused-ring (bicyclic) bond motifs is 3. The van der Waals surface area contributed by atoms with Gasteiger partial charge in [0.2, 0.25) is 5.28 Å². The molecule has 0 aliphatic rings. The fraction of sp³-hybridized carbons (Fsp3) is 0. The Kier molecular flexibility index (Phi) is 6.71. The molecule has 0 bridgehead atoms. The predicted molar refractivity (Wildman–Crippen MR) is 185 cm³/mol. The largest absolute Gasteiger partial charge is 0.226 e. The van der Waals surface area contributed by atoms with E-state index in [1.165, 1.54) is 26.6 Å². The maximum atomic E-state index is 6.64. The van der Waals surface area contributed by atoms with Gasteiger partial charge >= 0.3 is 0 Å². The average Bonchev–Trinajstić information content (AvgIpc) is 3.48. The van der Waals surface area contributed by atoms with Gasteiger partial charge in [0, 0.05) is 31.3 Å². The van der Waals surface area contributed by atoms with E-state index in [0.717, 1.165) is 38.1 Å². The van der Waals surface area contributed by atoms with E-state index < -0.39 is 0 Å². The molecule has 8 rings (SSSR count). The lowest BCUT2D eigenvalue weighted by Gasteiger charge is -2.11. The molecule has 5 heteroatoms. The van der Waals surface area contributed by atoms with Crippen LogP contribution in [0, 0.1) is 0 Å². The monoisotopic (exact) mass is 601 g/mol. The zero-order chi connectivity index (χ0) is 29.5. The summed E-state index contributed by atoms with van der Waals surface area (Å²) in [6, 6.07) is 50.6. The summed E-state index contributed by atoms with van der Waals surface area (Å²) in [5.41, 5.74) is 8.65. The number of rotatable bonds is 5. The third kappa shape index (κ3) is 4.84. The van der Waals surface area contributed by atoms with Crippen molar-refractivity contribution < 1.29 is 0 Å². The van der Waals surface area contributed by atoms with E-state index >= 15 is 0 Å². The van der Waals surface area contributed by atoms with Crippen molar-refractivity contribution in [3.05, 3.63) is 151 Å². The standard InChI is InChI=1S/C39H24ClN3S/c40-39-42-37(30-23-28(25-12-4-1-5-13-25)22-29(24-30)26-14-6-2-7-15-26)41-38(43-39)34-21-11-20-33-32-19-10-18-31(35(32)44-36(33)34)27-16-8-3-9-17-27/h1-24H. The lowest BCUT2D eigenvalue weighted by molar-refractivity contribution is 1.07. The van der Waals surface area contributed by atoms with Crippen molar-refractivity contribution in [2.75, 3.05) is 0 Å². The van der Waals surface area contributed by atoms with E-state index in [2.05, 4.69) is 137 Å². The van der Waals surface area contributed by atoms with E-state index in [0.29, 0.717) is 11.6 Å². The van der Waals surface area contributed by atoms with E-state index in [-0.39, 0.29) is 5.28 Å². The van der Waals surface area contributed by atoms with Crippen LogP contribution in [0.2, 0.25) is 5.28 Å². The van der Waals surface area contributed by atoms with Gasteiger partial charge in [-0.2, -0.15) is 9.97 Å². The Morgan fingerprint density at radius 1 is 0.386 bits per heavy atom. The summed E-state index contributed by atoms with van der Waals surface area (Å²) in [6.45, 7) is 0. The molecule has 44 heavy (non-hydrogen) atoms. The summed E-state index contributed by atoms with van der Waals surface area (Å²) in [5.74, 6) is 1.10. The van der Waals surface area contributed by atoms with Crippen molar-refractivity contribution in [3.63, 3.8) is 0 Å². The molecular weight excluding hydrogens is 578 g/mol. The van der Waals surface area contributed by atoms with Crippen molar-refractivity contribution in [3.8, 4) is 56.2 Å². The van der Waals surface area contributed by atoms with Crippen LogP contribution >= 0.6 is 22.9 Å². The Morgan fingerprint density at radius 2 is 0.864 bits per heavy atom. The zero-order valence-electron chi connectivity index (χ0n) is 23.5. The van der Waals surface area contributed by atoms with Gasteiger partial charge in [0.05, 0.1) is 0 Å². The SMILES string of the molecule is Clc1nc(-c2cc(-c3ccccc3)cc(-c3ccccc3)c2)nc(-c2cccc3c2sc2c(-c4ccccc4)cccc23)n1. The Balaban J connectivity index is 1.31. The Morgan fingerprint density at radius 3 is 1.45 bits per heavy atom. The highest BCUT2D eigenvalue weighted by Crippen LogP contribution is 2.43. The number of thiophene rings is 1. The molecule has 0 radical (unpaired) electrons. The Bertz CT molecular complexity index is 2220. The highest BCUT2D eigenvalue weighted by atomic mass is 35.5. The highest BCUT2D eigenvalue weighted by Gasteiger charge is 2.18. The van der Waals surface area contributed by atoms with Crippen molar-refractivity contribution >= 4 is 43.1 Å². The molecule has 3 nitrogen and oxygen atoms in total. The summed E-state index contributed by atoms with van der Waals surface area (Å²) < 4.78 is 2.37. The normalized spacial score (nSPS) is 11.3. The van der Waals surface area contributed by atoms with Gasteiger partial charge in [-0.05, 0) is 69.2 Å². The van der Waals surface area contributed by atoms with Crippen molar-refractivity contribution in [2.24, 2.45) is 0 Å². The van der Waals surface area contributed by atoms with Gasteiger partial charge in [-0.3, -0.25) is 0 Å². The summed E-state index contributed by atoms with van der Waals surface area (Å²) in [6.07, 6.45) is 0. The molecule has 0 N–H and O–H groups in total. The number of benzene rings is 6. The van der Waals surface area contributed by atoms with Crippen LogP contribution in [-0.2, 0) is 0 Å². The molecule has 2 heterocycles. The minimum Gasteiger partial charge on any atom is -0.208 e. The highest BCUT2D eigenvalue weighted by molar-refractivity contribution is 7.26. The minimum absolute atomic E-state index is 0.166. The van der Waals surface area contributed by atoms with Crippen LogP contribution in [0.15, 0.2) is 146 Å². The smallest absolute Gasteiger partial charge is 0.208 e. The molecule has 0 saturated heterocycles. The quantitative estimate of drug-likeness (QED) is 0.197. The van der Waals surface area contributed by atoms with Crippen LogP contribution in [0.5, 0.6) is 0 Å². The number of hydrogen-bond donors (Lipinski definition) is 0. The molecule has 6 aromatic carbocycles. The zero-order valence-corrected chi connectivity index (χ0v) is 25.1. The summed E-state index contributed by atoms with van der Waals surface area (Å²) >= 11 is 8.41. The van der Waals surface area contributed by atoms with Gasteiger partial charge in [0.15, 0.2) is 11.6 Å². The van der Waals surface area contributed by atoms with Gasteiger partial charge in [-0.1, -0.05) is 121 Å². The first kappa shape index (κ1) is 26.5. The summed E-state index contributed by atoms with van der Waals surface area (Å²) in [4.78, 5) is 14.3. The van der Waals surface area contributed by atoms with Crippen LogP contribution in [0.3, 0.4) is 0 Å². The van der Waals surface area contributed by atoms with Gasteiger partial charge in [-0.15, -0.1) is 11.3 Å². The van der Waals surface area contributed by atoms with Crippen LogP contribution in [0.4, 0.5) is 0 Å². The summed E-state index contributed by atoms with van der Waals surface area (Å²) in [7, 11) is 0. The first-order valence-corrected chi connectivity index (χ1v) is 15.6. The lowest BCUT2D eigenvalue weighted by Crippen LogP contribution is -1.98. The van der Waals surface area contributed by atoms with Crippen molar-refractivity contribution in [2.45, 2.75) is 0 Å². The number of hydrogen-bond acceptors (Lipinski definition) is 4. The fourth-order valence-electron chi connectivity index (χ4n) is 5.79. The van der Waals surface area contributed by atoms with E-state index in [4.69, 9.17) is 16.6 Å². The first-order chi connectivity index (χ1) is 21.7. The van der Waals surface area contributed by atoms with Crippen LogP contribution in [0.25, 0.3) is 76.3 Å². The molecule has 2 aromatic heterocycles. The molecule has 0 atom stereocenters. The first-order valence-electron chi connectivity index (χ1n) is 14.4. The fourth-order valence-corrected chi connectivity index (χ4v) is 7.30. The molecule has 0 aliphatic carbocycles. The molecule has 8 aromatic rings. The van der Waals surface area contributed by atoms with Gasteiger partial charge in [0.1, 0.15) is 0 Å². The molecule has 0 unspecified atom stereocenters. The maximum Gasteiger partial charge on any atom is 0.226 e. The molecule has 0 fully saturated rings. The van der Waals surface area contributed by atoms with E-state index in [1.807, 2.05) is 18.2 Å². The molecule has 208 valence electrons. The van der Waals surface area contributed by atoms with Gasteiger partial charge in [-0.25, -0.2) is 4.98 Å². The second-order valence-corrected chi connectivity index (χ2v) is 12.0. The summed E-state index contributed by atoms with van der Waals surface area (Å²) in [5, 5.41) is 2.56. The topological polar surface area (TPSA) is 38.7 Å². The molecule has 0 amide bonds. The molecule has 0 spiro atoms. The number of halogens is 1. The number of aromatic nitrogens is 3. The van der Waals surface area contributed by atoms with Crippen LogP contribution < -0.4 is 0 Å².